The van der Waals surface area contributed by atoms with Gasteiger partial charge in [-0.2, -0.15) is 5.10 Å². The summed E-state index contributed by atoms with van der Waals surface area (Å²) in [6.45, 7) is 5.74. The van der Waals surface area contributed by atoms with Crippen LogP contribution in [0.2, 0.25) is 0 Å². The Bertz CT molecular complexity index is 552. The molecule has 2 rings (SSSR count). The van der Waals surface area contributed by atoms with Crippen molar-refractivity contribution in [2.24, 2.45) is 5.92 Å². The van der Waals surface area contributed by atoms with Crippen molar-refractivity contribution >= 4 is 11.9 Å². The first-order chi connectivity index (χ1) is 9.82. The second-order valence-corrected chi connectivity index (χ2v) is 6.19. The van der Waals surface area contributed by atoms with Gasteiger partial charge in [0.25, 0.3) is 0 Å². The minimum atomic E-state index is -0.830. The molecule has 0 radical (unpaired) electrons. The van der Waals surface area contributed by atoms with Crippen LogP contribution in [0, 0.1) is 19.8 Å². The zero-order valence-corrected chi connectivity index (χ0v) is 12.8. The molecule has 1 heterocycles. The Morgan fingerprint density at radius 2 is 2.19 bits per heavy atom. The summed E-state index contributed by atoms with van der Waals surface area (Å²) in [5.74, 6) is -1.53. The number of carbonyl (C=O) groups excluding carboxylic acids is 1. The van der Waals surface area contributed by atoms with E-state index in [2.05, 4.69) is 10.4 Å². The SMILES string of the molecule is Cc1cc(C)n(CC(=O)NC2(C)CCCCC2C(=O)O)n1. The summed E-state index contributed by atoms with van der Waals surface area (Å²) in [5.41, 5.74) is 1.12. The monoisotopic (exact) mass is 293 g/mol. The van der Waals surface area contributed by atoms with E-state index in [0.29, 0.717) is 12.8 Å². The Morgan fingerprint density at radius 3 is 2.76 bits per heavy atom. The van der Waals surface area contributed by atoms with Gasteiger partial charge in [-0.3, -0.25) is 14.3 Å². The van der Waals surface area contributed by atoms with Crippen LogP contribution in [-0.4, -0.2) is 32.3 Å². The van der Waals surface area contributed by atoms with Crippen LogP contribution in [-0.2, 0) is 16.1 Å². The molecule has 6 heteroatoms. The minimum absolute atomic E-state index is 0.127. The van der Waals surface area contributed by atoms with Gasteiger partial charge in [0.1, 0.15) is 6.54 Å². The molecule has 0 aromatic carbocycles. The summed E-state index contributed by atoms with van der Waals surface area (Å²) >= 11 is 0. The quantitative estimate of drug-likeness (QED) is 0.884. The van der Waals surface area contributed by atoms with Gasteiger partial charge in [0.05, 0.1) is 17.2 Å². The third-order valence-electron chi connectivity index (χ3n) is 4.33. The number of carboxylic acid groups (broad SMARTS) is 1. The van der Waals surface area contributed by atoms with Crippen molar-refractivity contribution in [3.8, 4) is 0 Å². The van der Waals surface area contributed by atoms with E-state index in [-0.39, 0.29) is 12.5 Å². The Morgan fingerprint density at radius 1 is 1.48 bits per heavy atom. The van der Waals surface area contributed by atoms with Gasteiger partial charge < -0.3 is 10.4 Å². The standard InChI is InChI=1S/C15H23N3O3/c1-10-8-11(2)18(17-10)9-13(19)16-15(3)7-5-4-6-12(15)14(20)21/h8,12H,4-7,9H2,1-3H3,(H,16,19)(H,20,21). The number of carbonyl (C=O) groups is 2. The molecule has 21 heavy (non-hydrogen) atoms. The third-order valence-corrected chi connectivity index (χ3v) is 4.33. The number of amides is 1. The molecule has 1 amide bonds. The zero-order valence-electron chi connectivity index (χ0n) is 12.8. The smallest absolute Gasteiger partial charge is 0.308 e. The van der Waals surface area contributed by atoms with Gasteiger partial charge in [0.2, 0.25) is 5.91 Å². The van der Waals surface area contributed by atoms with Crippen LogP contribution >= 0.6 is 0 Å². The molecule has 1 aromatic heterocycles. The maximum absolute atomic E-state index is 12.3. The van der Waals surface area contributed by atoms with Gasteiger partial charge in [-0.05, 0) is 39.7 Å². The molecule has 2 unspecified atom stereocenters. The first-order valence-corrected chi connectivity index (χ1v) is 7.37. The van der Waals surface area contributed by atoms with E-state index >= 15 is 0 Å². The molecular weight excluding hydrogens is 270 g/mol. The van der Waals surface area contributed by atoms with Gasteiger partial charge in [-0.15, -0.1) is 0 Å². The van der Waals surface area contributed by atoms with Crippen LogP contribution in [0.4, 0.5) is 0 Å². The lowest BCUT2D eigenvalue weighted by molar-refractivity contribution is -0.146. The number of hydrogen-bond acceptors (Lipinski definition) is 3. The van der Waals surface area contributed by atoms with E-state index in [1.807, 2.05) is 26.8 Å². The van der Waals surface area contributed by atoms with Crippen LogP contribution in [0.5, 0.6) is 0 Å². The second kappa shape index (κ2) is 5.87. The number of rotatable bonds is 4. The zero-order chi connectivity index (χ0) is 15.6. The van der Waals surface area contributed by atoms with Crippen molar-refractivity contribution in [1.82, 2.24) is 15.1 Å². The fourth-order valence-corrected chi connectivity index (χ4v) is 3.21. The number of nitrogens with one attached hydrogen (secondary N) is 1. The van der Waals surface area contributed by atoms with Crippen molar-refractivity contribution in [2.75, 3.05) is 0 Å². The van der Waals surface area contributed by atoms with E-state index in [0.717, 1.165) is 24.2 Å². The largest absolute Gasteiger partial charge is 0.481 e. The number of carboxylic acids is 1. The summed E-state index contributed by atoms with van der Waals surface area (Å²) in [7, 11) is 0. The van der Waals surface area contributed by atoms with Crippen molar-refractivity contribution in [3.63, 3.8) is 0 Å². The maximum atomic E-state index is 12.3. The Balaban J connectivity index is 2.06. The van der Waals surface area contributed by atoms with E-state index < -0.39 is 17.4 Å². The molecule has 1 aromatic rings. The highest BCUT2D eigenvalue weighted by Gasteiger charge is 2.42. The maximum Gasteiger partial charge on any atom is 0.308 e. The summed E-state index contributed by atoms with van der Waals surface area (Å²) in [4.78, 5) is 23.6. The van der Waals surface area contributed by atoms with Crippen LogP contribution in [0.25, 0.3) is 0 Å². The van der Waals surface area contributed by atoms with Crippen molar-refractivity contribution in [3.05, 3.63) is 17.5 Å². The minimum Gasteiger partial charge on any atom is -0.481 e. The number of aromatic nitrogens is 2. The van der Waals surface area contributed by atoms with Crippen LogP contribution in [0.1, 0.15) is 44.0 Å². The Kier molecular flexibility index (Phi) is 4.34. The molecule has 2 N–H and O–H groups in total. The molecule has 1 aliphatic carbocycles. The lowest BCUT2D eigenvalue weighted by atomic mass is 9.74. The van der Waals surface area contributed by atoms with E-state index in [1.54, 1.807) is 4.68 Å². The lowest BCUT2D eigenvalue weighted by Gasteiger charge is -2.39. The van der Waals surface area contributed by atoms with Crippen molar-refractivity contribution < 1.29 is 14.7 Å². The van der Waals surface area contributed by atoms with Crippen molar-refractivity contribution in [1.29, 1.82) is 0 Å². The highest BCUT2D eigenvalue weighted by Crippen LogP contribution is 2.33. The fraction of sp³-hybridized carbons (Fsp3) is 0.667. The lowest BCUT2D eigenvalue weighted by Crippen LogP contribution is -2.56. The first kappa shape index (κ1) is 15.5. The molecule has 1 fully saturated rings. The van der Waals surface area contributed by atoms with Gasteiger partial charge in [-0.1, -0.05) is 12.8 Å². The van der Waals surface area contributed by atoms with Crippen LogP contribution in [0.3, 0.4) is 0 Å². The average Bonchev–Trinajstić information content (AvgIpc) is 2.66. The molecule has 116 valence electrons. The second-order valence-electron chi connectivity index (χ2n) is 6.19. The number of aliphatic carboxylic acids is 1. The number of nitrogens with zero attached hydrogens (tertiary/aromatic N) is 2. The molecule has 0 aliphatic heterocycles. The van der Waals surface area contributed by atoms with Crippen molar-refractivity contribution in [2.45, 2.75) is 58.5 Å². The Labute approximate surface area is 124 Å². The molecule has 0 spiro atoms. The summed E-state index contributed by atoms with van der Waals surface area (Å²) < 4.78 is 1.65. The molecular formula is C15H23N3O3. The predicted molar refractivity (Wildman–Crippen MR) is 77.8 cm³/mol. The molecule has 2 atom stereocenters. The fourth-order valence-electron chi connectivity index (χ4n) is 3.21. The van der Waals surface area contributed by atoms with Gasteiger partial charge >= 0.3 is 5.97 Å². The first-order valence-electron chi connectivity index (χ1n) is 7.37. The average molecular weight is 293 g/mol. The molecule has 6 nitrogen and oxygen atoms in total. The highest BCUT2D eigenvalue weighted by molar-refractivity contribution is 5.79. The normalized spacial score (nSPS) is 25.6. The van der Waals surface area contributed by atoms with E-state index in [9.17, 15) is 14.7 Å². The molecule has 0 saturated heterocycles. The third kappa shape index (κ3) is 3.43. The Hall–Kier alpha value is -1.85. The summed E-state index contributed by atoms with van der Waals surface area (Å²) in [6, 6.07) is 1.91. The summed E-state index contributed by atoms with van der Waals surface area (Å²) in [6.07, 6.45) is 3.17. The van der Waals surface area contributed by atoms with Gasteiger partial charge in [-0.25, -0.2) is 0 Å². The molecule has 1 saturated carbocycles. The highest BCUT2D eigenvalue weighted by atomic mass is 16.4. The van der Waals surface area contributed by atoms with Crippen LogP contribution in [0.15, 0.2) is 6.07 Å². The molecule has 0 bridgehead atoms. The van der Waals surface area contributed by atoms with Crippen LogP contribution < -0.4 is 5.32 Å². The summed E-state index contributed by atoms with van der Waals surface area (Å²) in [5, 5.41) is 16.5. The van der Waals surface area contributed by atoms with Gasteiger partial charge in [0.15, 0.2) is 0 Å². The predicted octanol–water partition coefficient (Wildman–Crippen LogP) is 1.65. The van der Waals surface area contributed by atoms with E-state index in [4.69, 9.17) is 0 Å². The topological polar surface area (TPSA) is 84.2 Å². The van der Waals surface area contributed by atoms with Gasteiger partial charge in [0, 0.05) is 5.69 Å². The molecule has 1 aliphatic rings. The number of aryl methyl sites for hydroxylation is 2. The number of hydrogen-bond donors (Lipinski definition) is 2. The van der Waals surface area contributed by atoms with E-state index in [1.165, 1.54) is 0 Å².